The molecule has 2 unspecified atom stereocenters. The van der Waals surface area contributed by atoms with E-state index in [2.05, 4.69) is 5.32 Å². The Hall–Kier alpha value is -1.88. The highest BCUT2D eigenvalue weighted by atomic mass is 16.2. The summed E-state index contributed by atoms with van der Waals surface area (Å²) in [6.45, 7) is 2.57. The van der Waals surface area contributed by atoms with Gasteiger partial charge in [0, 0.05) is 24.7 Å². The molecule has 1 heterocycles. The number of amides is 2. The van der Waals surface area contributed by atoms with Gasteiger partial charge >= 0.3 is 0 Å². The highest BCUT2D eigenvalue weighted by Gasteiger charge is 2.30. The lowest BCUT2D eigenvalue weighted by molar-refractivity contribution is -0.128. The van der Waals surface area contributed by atoms with Crippen LogP contribution in [0, 0.1) is 0 Å². The molecule has 21 heavy (non-hydrogen) atoms. The number of nitrogens with one attached hydrogen (secondary N) is 1. The van der Waals surface area contributed by atoms with E-state index in [-0.39, 0.29) is 17.9 Å². The Kier molecular flexibility index (Phi) is 5.33. The zero-order valence-corrected chi connectivity index (χ0v) is 12.4. The minimum Gasteiger partial charge on any atom is -0.344 e. The van der Waals surface area contributed by atoms with Crippen LogP contribution >= 0.6 is 0 Å². The molecule has 5 nitrogen and oxygen atoms in total. The van der Waals surface area contributed by atoms with Crippen molar-refractivity contribution in [3.8, 4) is 0 Å². The lowest BCUT2D eigenvalue weighted by Crippen LogP contribution is -2.52. The highest BCUT2D eigenvalue weighted by Crippen LogP contribution is 2.20. The van der Waals surface area contributed by atoms with Crippen LogP contribution in [0.2, 0.25) is 0 Å². The van der Waals surface area contributed by atoms with E-state index in [0.29, 0.717) is 25.8 Å². The predicted molar refractivity (Wildman–Crippen MR) is 82.8 cm³/mol. The molecule has 2 atom stereocenters. The van der Waals surface area contributed by atoms with E-state index in [1.807, 2.05) is 37.3 Å². The summed E-state index contributed by atoms with van der Waals surface area (Å²) in [6.07, 6.45) is 2.59. The average Bonchev–Trinajstić information content (AvgIpc) is 2.48. The van der Waals surface area contributed by atoms with Crippen LogP contribution in [0.5, 0.6) is 0 Å². The van der Waals surface area contributed by atoms with Crippen molar-refractivity contribution in [2.75, 3.05) is 11.4 Å². The molecule has 1 aliphatic heterocycles. The number of benzene rings is 1. The molecule has 0 aromatic heterocycles. The Balaban J connectivity index is 1.95. The van der Waals surface area contributed by atoms with Gasteiger partial charge in [0.25, 0.3) is 0 Å². The van der Waals surface area contributed by atoms with Crippen molar-refractivity contribution in [2.24, 2.45) is 5.73 Å². The summed E-state index contributed by atoms with van der Waals surface area (Å²) in [5, 5.41) is 2.84. The molecule has 1 aliphatic rings. The maximum Gasteiger partial charge on any atom is 0.249 e. The van der Waals surface area contributed by atoms with Crippen LogP contribution < -0.4 is 16.0 Å². The van der Waals surface area contributed by atoms with Gasteiger partial charge in [0.15, 0.2) is 0 Å². The second-order valence-electron chi connectivity index (χ2n) is 5.60. The van der Waals surface area contributed by atoms with E-state index in [1.54, 1.807) is 4.90 Å². The number of nitrogens with zero attached hydrogens (tertiary/aromatic N) is 1. The number of anilines is 1. The van der Waals surface area contributed by atoms with E-state index in [0.717, 1.165) is 12.1 Å². The number of hydrogen-bond donors (Lipinski definition) is 2. The Bertz CT molecular complexity index is 488. The van der Waals surface area contributed by atoms with Gasteiger partial charge in [0.2, 0.25) is 11.8 Å². The van der Waals surface area contributed by atoms with Crippen LogP contribution in [0.3, 0.4) is 0 Å². The summed E-state index contributed by atoms with van der Waals surface area (Å²) in [6, 6.07) is 9.15. The van der Waals surface area contributed by atoms with Crippen LogP contribution in [0.15, 0.2) is 30.3 Å². The topological polar surface area (TPSA) is 75.4 Å². The van der Waals surface area contributed by atoms with Crippen molar-refractivity contribution in [1.29, 1.82) is 0 Å². The van der Waals surface area contributed by atoms with Crippen molar-refractivity contribution in [1.82, 2.24) is 5.32 Å². The standard InChI is InChI=1S/C16H23N3O2/c1-12(17)9-10-15(20)18-14-8-5-11-19(16(14)21)13-6-3-2-4-7-13/h2-4,6-7,12,14H,5,8-11,17H2,1H3,(H,18,20). The number of nitrogens with two attached hydrogens (primary N) is 1. The second kappa shape index (κ2) is 7.22. The van der Waals surface area contributed by atoms with Crippen molar-refractivity contribution in [3.05, 3.63) is 30.3 Å². The molecule has 1 fully saturated rings. The van der Waals surface area contributed by atoms with Gasteiger partial charge < -0.3 is 16.0 Å². The van der Waals surface area contributed by atoms with Crippen LogP contribution in [-0.4, -0.2) is 30.4 Å². The monoisotopic (exact) mass is 289 g/mol. The molecule has 0 bridgehead atoms. The van der Waals surface area contributed by atoms with Gasteiger partial charge in [-0.1, -0.05) is 18.2 Å². The average molecular weight is 289 g/mol. The van der Waals surface area contributed by atoms with E-state index in [1.165, 1.54) is 0 Å². The Labute approximate surface area is 125 Å². The SMILES string of the molecule is CC(N)CCC(=O)NC1CCCN(c2ccccc2)C1=O. The van der Waals surface area contributed by atoms with E-state index in [9.17, 15) is 9.59 Å². The molecular weight excluding hydrogens is 266 g/mol. The summed E-state index contributed by atoms with van der Waals surface area (Å²) in [7, 11) is 0. The minimum absolute atomic E-state index is 0.00127. The fraction of sp³-hybridized carbons (Fsp3) is 0.500. The maximum absolute atomic E-state index is 12.5. The normalized spacial score (nSPS) is 20.2. The van der Waals surface area contributed by atoms with Gasteiger partial charge in [-0.3, -0.25) is 9.59 Å². The first-order chi connectivity index (χ1) is 10.1. The largest absolute Gasteiger partial charge is 0.344 e. The van der Waals surface area contributed by atoms with Gasteiger partial charge in [0.1, 0.15) is 6.04 Å². The fourth-order valence-corrected chi connectivity index (χ4v) is 2.50. The molecule has 3 N–H and O–H groups in total. The number of carbonyl (C=O) groups excluding carboxylic acids is 2. The molecule has 2 amide bonds. The maximum atomic E-state index is 12.5. The Morgan fingerprint density at radius 3 is 2.81 bits per heavy atom. The molecule has 5 heteroatoms. The van der Waals surface area contributed by atoms with Crippen LogP contribution in [0.25, 0.3) is 0 Å². The molecule has 0 saturated carbocycles. The van der Waals surface area contributed by atoms with E-state index in [4.69, 9.17) is 5.73 Å². The zero-order valence-electron chi connectivity index (χ0n) is 12.4. The van der Waals surface area contributed by atoms with Crippen LogP contribution in [0.1, 0.15) is 32.6 Å². The lowest BCUT2D eigenvalue weighted by atomic mass is 10.0. The van der Waals surface area contributed by atoms with Crippen molar-refractivity contribution < 1.29 is 9.59 Å². The van der Waals surface area contributed by atoms with Crippen LogP contribution in [-0.2, 0) is 9.59 Å². The molecular formula is C16H23N3O2. The first-order valence-corrected chi connectivity index (χ1v) is 7.49. The minimum atomic E-state index is -0.417. The fourth-order valence-electron chi connectivity index (χ4n) is 2.50. The number of para-hydroxylation sites is 1. The second-order valence-corrected chi connectivity index (χ2v) is 5.60. The third kappa shape index (κ3) is 4.29. The smallest absolute Gasteiger partial charge is 0.249 e. The van der Waals surface area contributed by atoms with Gasteiger partial charge in [-0.15, -0.1) is 0 Å². The number of hydrogen-bond acceptors (Lipinski definition) is 3. The molecule has 0 spiro atoms. The quantitative estimate of drug-likeness (QED) is 0.861. The number of rotatable bonds is 5. The summed E-state index contributed by atoms with van der Waals surface area (Å²) < 4.78 is 0. The third-order valence-electron chi connectivity index (χ3n) is 3.67. The molecule has 2 rings (SSSR count). The Morgan fingerprint density at radius 1 is 1.43 bits per heavy atom. The van der Waals surface area contributed by atoms with E-state index >= 15 is 0 Å². The highest BCUT2D eigenvalue weighted by molar-refractivity contribution is 5.99. The molecule has 0 aliphatic carbocycles. The molecule has 1 aromatic carbocycles. The Morgan fingerprint density at radius 2 is 2.14 bits per heavy atom. The number of piperidine rings is 1. The molecule has 1 saturated heterocycles. The third-order valence-corrected chi connectivity index (χ3v) is 3.67. The van der Waals surface area contributed by atoms with Gasteiger partial charge in [0.05, 0.1) is 0 Å². The molecule has 114 valence electrons. The summed E-state index contributed by atoms with van der Waals surface area (Å²) in [5.74, 6) is -0.123. The van der Waals surface area contributed by atoms with Crippen LogP contribution in [0.4, 0.5) is 5.69 Å². The summed E-state index contributed by atoms with van der Waals surface area (Å²) in [5.41, 5.74) is 6.53. The van der Waals surface area contributed by atoms with Gasteiger partial charge in [-0.2, -0.15) is 0 Å². The molecule has 0 radical (unpaired) electrons. The van der Waals surface area contributed by atoms with Crippen molar-refractivity contribution in [2.45, 2.75) is 44.7 Å². The molecule has 1 aromatic rings. The van der Waals surface area contributed by atoms with Gasteiger partial charge in [-0.25, -0.2) is 0 Å². The van der Waals surface area contributed by atoms with Crippen molar-refractivity contribution >= 4 is 17.5 Å². The van der Waals surface area contributed by atoms with Crippen molar-refractivity contribution in [3.63, 3.8) is 0 Å². The summed E-state index contributed by atoms with van der Waals surface area (Å²) in [4.78, 5) is 26.1. The first kappa shape index (κ1) is 15.5. The first-order valence-electron chi connectivity index (χ1n) is 7.49. The summed E-state index contributed by atoms with van der Waals surface area (Å²) >= 11 is 0. The van der Waals surface area contributed by atoms with E-state index < -0.39 is 6.04 Å². The lowest BCUT2D eigenvalue weighted by Gasteiger charge is -2.32. The predicted octanol–water partition coefficient (Wildman–Crippen LogP) is 1.43. The zero-order chi connectivity index (χ0) is 15.2. The van der Waals surface area contributed by atoms with Gasteiger partial charge in [-0.05, 0) is 38.3 Å². The number of carbonyl (C=O) groups is 2.